The van der Waals surface area contributed by atoms with Gasteiger partial charge < -0.3 is 15.5 Å². The predicted octanol–water partition coefficient (Wildman–Crippen LogP) is 4.95. The van der Waals surface area contributed by atoms with E-state index in [0.29, 0.717) is 5.56 Å². The first-order valence-electron chi connectivity index (χ1n) is 9.21. The molecule has 6 nitrogen and oxygen atoms in total. The maximum absolute atomic E-state index is 12.7. The van der Waals surface area contributed by atoms with Crippen molar-refractivity contribution in [3.05, 3.63) is 63.1 Å². The number of phenols is 1. The highest BCUT2D eigenvalue weighted by molar-refractivity contribution is 6.40. The van der Waals surface area contributed by atoms with Crippen LogP contribution in [-0.2, 0) is 11.3 Å². The molecule has 0 aliphatic carbocycles. The smallest absolute Gasteiger partial charge is 0.307 e. The van der Waals surface area contributed by atoms with Gasteiger partial charge >= 0.3 is 5.97 Å². The number of aliphatic carboxylic acids is 1. The third-order valence-corrected chi connectivity index (χ3v) is 5.28. The number of aromatic hydroxyl groups is 1. The van der Waals surface area contributed by atoms with E-state index in [1.54, 1.807) is 32.9 Å². The van der Waals surface area contributed by atoms with Crippen LogP contribution in [0.25, 0.3) is 0 Å². The molecule has 160 valence electrons. The number of carboxylic acid groups (broad SMARTS) is 1. The summed E-state index contributed by atoms with van der Waals surface area (Å²) in [7, 11) is 0. The number of carbonyl (C=O) groups excluding carboxylic acids is 2. The van der Waals surface area contributed by atoms with Crippen LogP contribution in [0.1, 0.15) is 53.5 Å². The third kappa shape index (κ3) is 5.97. The van der Waals surface area contributed by atoms with Crippen LogP contribution in [-0.4, -0.2) is 27.9 Å². The molecular formula is C22H23Cl2NO5. The summed E-state index contributed by atoms with van der Waals surface area (Å²) in [6.45, 7) is 5.39. The fourth-order valence-electron chi connectivity index (χ4n) is 2.97. The molecule has 0 saturated carbocycles. The number of hydrogen-bond donors (Lipinski definition) is 3. The Kier molecular flexibility index (Phi) is 7.50. The van der Waals surface area contributed by atoms with E-state index in [4.69, 9.17) is 23.2 Å². The first-order valence-corrected chi connectivity index (χ1v) is 9.97. The monoisotopic (exact) mass is 451 g/mol. The summed E-state index contributed by atoms with van der Waals surface area (Å²) in [5.41, 5.74) is 0.228. The molecule has 0 saturated heterocycles. The number of hydrogen-bond acceptors (Lipinski definition) is 4. The summed E-state index contributed by atoms with van der Waals surface area (Å²) < 4.78 is 0. The fourth-order valence-corrected chi connectivity index (χ4v) is 3.67. The zero-order chi connectivity index (χ0) is 22.6. The van der Waals surface area contributed by atoms with E-state index in [2.05, 4.69) is 5.32 Å². The number of phenolic OH excluding ortho intramolecular Hbond substituents is 1. The molecule has 0 aliphatic rings. The molecule has 8 heteroatoms. The lowest BCUT2D eigenvalue weighted by molar-refractivity contribution is -0.145. The Balaban J connectivity index is 2.18. The van der Waals surface area contributed by atoms with Gasteiger partial charge in [-0.05, 0) is 35.2 Å². The quantitative estimate of drug-likeness (QED) is 0.516. The third-order valence-electron chi connectivity index (χ3n) is 4.68. The van der Waals surface area contributed by atoms with Crippen LogP contribution in [0.3, 0.4) is 0 Å². The van der Waals surface area contributed by atoms with Crippen molar-refractivity contribution in [1.29, 1.82) is 0 Å². The summed E-state index contributed by atoms with van der Waals surface area (Å²) in [6.07, 6.45) is -0.263. The van der Waals surface area contributed by atoms with Crippen molar-refractivity contribution in [3.63, 3.8) is 0 Å². The molecule has 0 spiro atoms. The number of nitrogens with one attached hydrogen (secondary N) is 1. The van der Waals surface area contributed by atoms with Crippen LogP contribution in [0.5, 0.6) is 5.75 Å². The SMILES string of the molecule is CC(C)(C)C(CC(=O)c1c(Cl)cc(C(=O)NCc2cccc(O)c2)cc1Cl)C(=O)O. The predicted molar refractivity (Wildman–Crippen MR) is 115 cm³/mol. The summed E-state index contributed by atoms with van der Waals surface area (Å²) in [4.78, 5) is 36.7. The van der Waals surface area contributed by atoms with E-state index in [0.717, 1.165) is 0 Å². The highest BCUT2D eigenvalue weighted by Gasteiger charge is 2.34. The molecule has 0 bridgehead atoms. The van der Waals surface area contributed by atoms with E-state index in [1.165, 1.54) is 24.3 Å². The number of amides is 1. The molecule has 0 aliphatic heterocycles. The summed E-state index contributed by atoms with van der Waals surface area (Å²) in [5, 5.41) is 21.6. The molecular weight excluding hydrogens is 429 g/mol. The molecule has 2 rings (SSSR count). The van der Waals surface area contributed by atoms with Crippen molar-refractivity contribution in [2.24, 2.45) is 11.3 Å². The van der Waals surface area contributed by atoms with Gasteiger partial charge in [0.05, 0.1) is 21.5 Å². The number of benzene rings is 2. The average molecular weight is 452 g/mol. The Hall–Kier alpha value is -2.57. The van der Waals surface area contributed by atoms with Crippen molar-refractivity contribution in [3.8, 4) is 5.75 Å². The normalized spacial score (nSPS) is 12.3. The Labute approximate surface area is 184 Å². The van der Waals surface area contributed by atoms with Crippen molar-refractivity contribution >= 4 is 40.9 Å². The number of ketones is 1. The standard InChI is InChI=1S/C22H23Cl2NO5/c1-22(2,3)15(21(29)30)10-18(27)19-16(23)8-13(9-17(19)24)20(28)25-11-12-5-4-6-14(26)7-12/h4-9,15,26H,10-11H2,1-3H3,(H,25,28)(H,29,30). The number of rotatable bonds is 7. The van der Waals surface area contributed by atoms with Crippen LogP contribution in [0.2, 0.25) is 10.0 Å². The molecule has 0 heterocycles. The lowest BCUT2D eigenvalue weighted by Crippen LogP contribution is -2.30. The van der Waals surface area contributed by atoms with Gasteiger partial charge in [-0.3, -0.25) is 14.4 Å². The van der Waals surface area contributed by atoms with Gasteiger partial charge in [0.15, 0.2) is 5.78 Å². The van der Waals surface area contributed by atoms with Crippen LogP contribution in [0.4, 0.5) is 0 Å². The second kappa shape index (κ2) is 9.49. The minimum Gasteiger partial charge on any atom is -0.508 e. The fraction of sp³-hybridized carbons (Fsp3) is 0.318. The zero-order valence-corrected chi connectivity index (χ0v) is 18.3. The molecule has 1 unspecified atom stereocenters. The van der Waals surface area contributed by atoms with E-state index in [-0.39, 0.29) is 39.9 Å². The lowest BCUT2D eigenvalue weighted by Gasteiger charge is -2.26. The van der Waals surface area contributed by atoms with Crippen LogP contribution >= 0.6 is 23.2 Å². The Bertz CT molecular complexity index is 959. The van der Waals surface area contributed by atoms with Gasteiger partial charge in [0, 0.05) is 18.5 Å². The van der Waals surface area contributed by atoms with Crippen molar-refractivity contribution in [2.75, 3.05) is 0 Å². The molecule has 2 aromatic carbocycles. The lowest BCUT2D eigenvalue weighted by atomic mass is 9.77. The largest absolute Gasteiger partial charge is 0.508 e. The molecule has 3 N–H and O–H groups in total. The first kappa shape index (κ1) is 23.7. The number of carbonyl (C=O) groups is 3. The molecule has 0 fully saturated rings. The number of carboxylic acids is 1. The number of halogens is 2. The van der Waals surface area contributed by atoms with E-state index in [9.17, 15) is 24.6 Å². The minimum absolute atomic E-state index is 0.00151. The summed E-state index contributed by atoms with van der Waals surface area (Å²) >= 11 is 12.4. The zero-order valence-electron chi connectivity index (χ0n) is 16.8. The molecule has 30 heavy (non-hydrogen) atoms. The molecule has 2 aromatic rings. The average Bonchev–Trinajstić information content (AvgIpc) is 2.62. The van der Waals surface area contributed by atoms with Crippen LogP contribution in [0.15, 0.2) is 36.4 Å². The second-order valence-electron chi connectivity index (χ2n) is 8.05. The maximum atomic E-state index is 12.7. The summed E-state index contributed by atoms with van der Waals surface area (Å²) in [5.74, 6) is -2.86. The van der Waals surface area contributed by atoms with Gasteiger partial charge in [0.1, 0.15) is 5.75 Å². The van der Waals surface area contributed by atoms with Crippen molar-refractivity contribution in [1.82, 2.24) is 5.32 Å². The first-order chi connectivity index (χ1) is 13.9. The maximum Gasteiger partial charge on any atom is 0.307 e. The highest BCUT2D eigenvalue weighted by Crippen LogP contribution is 2.34. The Morgan fingerprint density at radius 1 is 1.07 bits per heavy atom. The minimum atomic E-state index is -1.08. The highest BCUT2D eigenvalue weighted by atomic mass is 35.5. The molecule has 0 radical (unpaired) electrons. The molecule has 0 aromatic heterocycles. The van der Waals surface area contributed by atoms with Crippen molar-refractivity contribution in [2.45, 2.75) is 33.7 Å². The van der Waals surface area contributed by atoms with E-state index < -0.39 is 29.0 Å². The van der Waals surface area contributed by atoms with Gasteiger partial charge in [-0.25, -0.2) is 0 Å². The Morgan fingerprint density at radius 3 is 2.17 bits per heavy atom. The van der Waals surface area contributed by atoms with Crippen molar-refractivity contribution < 1.29 is 24.6 Å². The van der Waals surface area contributed by atoms with Gasteiger partial charge in [0.2, 0.25) is 0 Å². The molecule has 1 amide bonds. The van der Waals surface area contributed by atoms with Crippen LogP contribution in [0, 0.1) is 11.3 Å². The van der Waals surface area contributed by atoms with Gasteiger partial charge in [-0.15, -0.1) is 0 Å². The van der Waals surface area contributed by atoms with E-state index in [1.807, 2.05) is 0 Å². The second-order valence-corrected chi connectivity index (χ2v) is 8.87. The van der Waals surface area contributed by atoms with Gasteiger partial charge in [-0.2, -0.15) is 0 Å². The van der Waals surface area contributed by atoms with Crippen LogP contribution < -0.4 is 5.32 Å². The number of Topliss-reactive ketones (excluding diaryl/α,β-unsaturated/α-hetero) is 1. The van der Waals surface area contributed by atoms with E-state index >= 15 is 0 Å². The van der Waals surface area contributed by atoms with Gasteiger partial charge in [0.25, 0.3) is 5.91 Å². The Morgan fingerprint density at radius 2 is 1.67 bits per heavy atom. The van der Waals surface area contributed by atoms with Gasteiger partial charge in [-0.1, -0.05) is 56.1 Å². The molecule has 1 atom stereocenters. The topological polar surface area (TPSA) is 104 Å². The summed E-state index contributed by atoms with van der Waals surface area (Å²) in [6, 6.07) is 9.10.